The molecular weight excluding hydrogens is 348 g/mol. The Morgan fingerprint density at radius 2 is 1.82 bits per heavy atom. The van der Waals surface area contributed by atoms with Gasteiger partial charge >= 0.3 is 0 Å². The third kappa shape index (κ3) is 4.94. The van der Waals surface area contributed by atoms with Crippen molar-refractivity contribution < 1.29 is 4.79 Å². The van der Waals surface area contributed by atoms with Crippen molar-refractivity contribution >= 4 is 28.5 Å². The Morgan fingerprint density at radius 3 is 2.57 bits per heavy atom. The number of amides is 1. The smallest absolute Gasteiger partial charge is 0.258 e. The molecule has 0 spiro atoms. The quantitative estimate of drug-likeness (QED) is 0.489. The van der Waals surface area contributed by atoms with Crippen LogP contribution in [0.1, 0.15) is 42.6 Å². The van der Waals surface area contributed by atoms with Crippen molar-refractivity contribution in [2.45, 2.75) is 33.1 Å². The summed E-state index contributed by atoms with van der Waals surface area (Å²) < 4.78 is 0. The number of para-hydroxylation sites is 2. The third-order valence-corrected chi connectivity index (χ3v) is 4.56. The zero-order valence-electron chi connectivity index (χ0n) is 16.4. The highest BCUT2D eigenvalue weighted by Gasteiger charge is 2.17. The highest BCUT2D eigenvalue weighted by molar-refractivity contribution is 6.13. The summed E-state index contributed by atoms with van der Waals surface area (Å²) >= 11 is 0. The number of nitrogens with zero attached hydrogens (tertiary/aromatic N) is 2. The number of carbonyl (C=O) groups excluding carboxylic acids is 1. The molecular formula is C23H26N4O. The lowest BCUT2D eigenvalue weighted by molar-refractivity contribution is 0.0977. The molecule has 1 amide bonds. The maximum absolute atomic E-state index is 13.1. The van der Waals surface area contributed by atoms with Crippen LogP contribution in [-0.4, -0.2) is 16.9 Å². The minimum absolute atomic E-state index is 0.0743. The number of nitrogens with two attached hydrogens (primary N) is 1. The van der Waals surface area contributed by atoms with Crippen molar-refractivity contribution in [2.24, 2.45) is 16.6 Å². The van der Waals surface area contributed by atoms with Gasteiger partial charge in [-0.25, -0.2) is 4.99 Å². The first-order valence-electron chi connectivity index (χ1n) is 9.62. The number of hydrogen-bond acceptors (Lipinski definition) is 3. The van der Waals surface area contributed by atoms with Crippen LogP contribution in [0, 0.1) is 5.92 Å². The molecule has 3 aromatic rings. The fraction of sp³-hybridized carbons (Fsp3) is 0.261. The van der Waals surface area contributed by atoms with Gasteiger partial charge in [-0.1, -0.05) is 56.7 Å². The Hall–Kier alpha value is -3.21. The largest absolute Gasteiger partial charge is 0.369 e. The molecule has 1 aromatic heterocycles. The lowest BCUT2D eigenvalue weighted by Crippen LogP contribution is -2.37. The number of guanidine groups is 1. The topological polar surface area (TPSA) is 80.4 Å². The number of hydrogen-bond donors (Lipinski definition) is 2. The SMILES string of the molecule is CC(C)CCCc1cnc2ccccc2c1C(=O)NC(N)=Nc1ccccc1. The van der Waals surface area contributed by atoms with E-state index in [-0.39, 0.29) is 11.9 Å². The molecule has 0 fully saturated rings. The molecule has 3 N–H and O–H groups in total. The van der Waals surface area contributed by atoms with Crippen molar-refractivity contribution in [1.82, 2.24) is 10.3 Å². The summed E-state index contributed by atoms with van der Waals surface area (Å²) in [5.74, 6) is 0.444. The van der Waals surface area contributed by atoms with Crippen molar-refractivity contribution in [2.75, 3.05) is 0 Å². The van der Waals surface area contributed by atoms with Crippen molar-refractivity contribution in [1.29, 1.82) is 0 Å². The first-order valence-corrected chi connectivity index (χ1v) is 9.62. The average Bonchev–Trinajstić information content (AvgIpc) is 2.68. The number of fused-ring (bicyclic) bond motifs is 1. The fourth-order valence-electron chi connectivity index (χ4n) is 3.19. The third-order valence-electron chi connectivity index (χ3n) is 4.56. The predicted molar refractivity (Wildman–Crippen MR) is 115 cm³/mol. The Kier molecular flexibility index (Phi) is 6.37. The van der Waals surface area contributed by atoms with Gasteiger partial charge in [0.25, 0.3) is 5.91 Å². The maximum atomic E-state index is 13.1. The molecule has 0 unspecified atom stereocenters. The van der Waals surface area contributed by atoms with Crippen LogP contribution < -0.4 is 11.1 Å². The molecule has 2 aromatic carbocycles. The van der Waals surface area contributed by atoms with E-state index in [0.29, 0.717) is 17.2 Å². The molecule has 28 heavy (non-hydrogen) atoms. The molecule has 0 saturated carbocycles. The van der Waals surface area contributed by atoms with Gasteiger partial charge in [0, 0.05) is 11.6 Å². The number of benzene rings is 2. The lowest BCUT2D eigenvalue weighted by atomic mass is 9.97. The second-order valence-corrected chi connectivity index (χ2v) is 7.25. The van der Waals surface area contributed by atoms with Gasteiger partial charge in [0.1, 0.15) is 0 Å². The summed E-state index contributed by atoms with van der Waals surface area (Å²) in [5.41, 5.74) is 9.02. The van der Waals surface area contributed by atoms with Crippen LogP contribution in [0.25, 0.3) is 10.9 Å². The summed E-state index contributed by atoms with van der Waals surface area (Å²) in [4.78, 5) is 21.9. The van der Waals surface area contributed by atoms with Crippen LogP contribution in [0.4, 0.5) is 5.69 Å². The van der Waals surface area contributed by atoms with E-state index in [1.165, 1.54) is 0 Å². The van der Waals surface area contributed by atoms with E-state index in [2.05, 4.69) is 29.1 Å². The molecule has 144 valence electrons. The van der Waals surface area contributed by atoms with Gasteiger partial charge in [-0.2, -0.15) is 0 Å². The Balaban J connectivity index is 1.90. The van der Waals surface area contributed by atoms with Gasteiger partial charge in [-0.15, -0.1) is 0 Å². The summed E-state index contributed by atoms with van der Waals surface area (Å²) in [6, 6.07) is 17.0. The second kappa shape index (κ2) is 9.13. The van der Waals surface area contributed by atoms with E-state index in [4.69, 9.17) is 5.73 Å². The first-order chi connectivity index (χ1) is 13.5. The normalized spacial score (nSPS) is 11.8. The van der Waals surface area contributed by atoms with Crippen molar-refractivity contribution in [3.63, 3.8) is 0 Å². The molecule has 5 heteroatoms. The van der Waals surface area contributed by atoms with Gasteiger partial charge < -0.3 is 5.73 Å². The number of aliphatic imine (C=N–C) groups is 1. The summed E-state index contributed by atoms with van der Waals surface area (Å²) in [6.45, 7) is 4.40. The first kappa shape index (κ1) is 19.5. The summed E-state index contributed by atoms with van der Waals surface area (Å²) in [7, 11) is 0. The van der Waals surface area contributed by atoms with Crippen LogP contribution in [0.2, 0.25) is 0 Å². The van der Waals surface area contributed by atoms with E-state index >= 15 is 0 Å². The van der Waals surface area contributed by atoms with Crippen LogP contribution in [0.5, 0.6) is 0 Å². The highest BCUT2D eigenvalue weighted by atomic mass is 16.1. The van der Waals surface area contributed by atoms with Crippen LogP contribution >= 0.6 is 0 Å². The molecule has 5 nitrogen and oxygen atoms in total. The predicted octanol–water partition coefficient (Wildman–Crippen LogP) is 4.59. The molecule has 0 aliphatic carbocycles. The molecule has 0 aliphatic heterocycles. The Morgan fingerprint density at radius 1 is 1.11 bits per heavy atom. The zero-order valence-corrected chi connectivity index (χ0v) is 16.4. The number of pyridine rings is 1. The molecule has 3 rings (SSSR count). The van der Waals surface area contributed by atoms with Crippen LogP contribution in [0.3, 0.4) is 0 Å². The standard InChI is InChI=1S/C23H26N4O/c1-16(2)9-8-10-17-15-25-20-14-7-6-13-19(20)21(17)22(28)27-23(24)26-18-11-4-3-5-12-18/h3-7,11-16H,8-10H2,1-2H3,(H3,24,26,27,28). The van der Waals surface area contributed by atoms with Gasteiger partial charge in [0.2, 0.25) is 5.96 Å². The molecule has 1 heterocycles. The minimum atomic E-state index is -0.254. The van der Waals surface area contributed by atoms with Gasteiger partial charge in [0.15, 0.2) is 0 Å². The summed E-state index contributed by atoms with van der Waals surface area (Å²) in [5, 5.41) is 3.57. The number of carbonyl (C=O) groups is 1. The van der Waals surface area contributed by atoms with E-state index in [1.807, 2.05) is 60.8 Å². The second-order valence-electron chi connectivity index (χ2n) is 7.25. The molecule has 0 radical (unpaired) electrons. The Labute approximate surface area is 165 Å². The summed E-state index contributed by atoms with van der Waals surface area (Å²) in [6.07, 6.45) is 4.72. The monoisotopic (exact) mass is 374 g/mol. The van der Waals surface area contributed by atoms with Gasteiger partial charge in [-0.3, -0.25) is 15.1 Å². The molecule has 0 bridgehead atoms. The molecule has 0 atom stereocenters. The molecule has 0 aliphatic rings. The van der Waals surface area contributed by atoms with Crippen molar-refractivity contribution in [3.8, 4) is 0 Å². The Bertz CT molecular complexity index is 980. The number of aryl methyl sites for hydroxylation is 1. The number of aromatic nitrogens is 1. The van der Waals surface area contributed by atoms with Crippen LogP contribution in [0.15, 0.2) is 65.8 Å². The van der Waals surface area contributed by atoms with Crippen molar-refractivity contribution in [3.05, 3.63) is 71.9 Å². The van der Waals surface area contributed by atoms with E-state index in [9.17, 15) is 4.79 Å². The minimum Gasteiger partial charge on any atom is -0.369 e. The maximum Gasteiger partial charge on any atom is 0.258 e. The van der Waals surface area contributed by atoms with Gasteiger partial charge in [-0.05, 0) is 42.5 Å². The van der Waals surface area contributed by atoms with E-state index < -0.39 is 0 Å². The van der Waals surface area contributed by atoms with Gasteiger partial charge in [0.05, 0.1) is 16.8 Å². The lowest BCUT2D eigenvalue weighted by Gasteiger charge is -2.13. The highest BCUT2D eigenvalue weighted by Crippen LogP contribution is 2.22. The average molecular weight is 374 g/mol. The molecule has 0 saturated heterocycles. The van der Waals surface area contributed by atoms with E-state index in [1.54, 1.807) is 0 Å². The zero-order chi connectivity index (χ0) is 19.9. The fourth-order valence-corrected chi connectivity index (χ4v) is 3.19. The number of rotatable bonds is 6. The van der Waals surface area contributed by atoms with Crippen LogP contribution in [-0.2, 0) is 6.42 Å². The number of nitrogens with one attached hydrogen (secondary N) is 1. The van der Waals surface area contributed by atoms with E-state index in [0.717, 1.165) is 35.7 Å².